The number of aromatic amines is 2. The summed E-state index contributed by atoms with van der Waals surface area (Å²) >= 11 is 0. The monoisotopic (exact) mass is 347 g/mol. The topological polar surface area (TPSA) is 142 Å². The lowest BCUT2D eigenvalue weighted by atomic mass is 10.0. The van der Waals surface area contributed by atoms with Gasteiger partial charge in [0.05, 0.1) is 11.1 Å². The third-order valence-corrected chi connectivity index (χ3v) is 3.81. The highest BCUT2D eigenvalue weighted by Crippen LogP contribution is 2.27. The van der Waals surface area contributed by atoms with Crippen LogP contribution in [0.3, 0.4) is 0 Å². The van der Waals surface area contributed by atoms with Crippen LogP contribution in [0.15, 0.2) is 49.1 Å². The van der Waals surface area contributed by atoms with E-state index in [-0.39, 0.29) is 11.4 Å². The van der Waals surface area contributed by atoms with Crippen LogP contribution in [0, 0.1) is 0 Å². The minimum absolute atomic E-state index is 0.0149. The number of hydrogen-bond acceptors (Lipinski definition) is 5. The number of benzene rings is 1. The lowest BCUT2D eigenvalue weighted by molar-refractivity contribution is 0.0989. The largest absolute Gasteiger partial charge is 0.363 e. The number of nitrogens with two attached hydrogens (primary N) is 1. The zero-order valence-corrected chi connectivity index (χ0v) is 13.4. The second-order valence-electron chi connectivity index (χ2n) is 5.50. The van der Waals surface area contributed by atoms with E-state index < -0.39 is 11.8 Å². The summed E-state index contributed by atoms with van der Waals surface area (Å²) in [5, 5.41) is 2.66. The molecular weight excluding hydrogens is 334 g/mol. The molecule has 128 valence electrons. The molecule has 1 aromatic carbocycles. The molecule has 0 fully saturated rings. The fourth-order valence-corrected chi connectivity index (χ4v) is 2.63. The zero-order chi connectivity index (χ0) is 18.1. The van der Waals surface area contributed by atoms with Gasteiger partial charge in [0.2, 0.25) is 5.95 Å². The van der Waals surface area contributed by atoms with Gasteiger partial charge >= 0.3 is 0 Å². The molecule has 0 saturated heterocycles. The summed E-state index contributed by atoms with van der Waals surface area (Å²) in [7, 11) is 0. The molecular formula is C17H13N7O2. The molecule has 3 heterocycles. The summed E-state index contributed by atoms with van der Waals surface area (Å²) in [6, 6.07) is 7.14. The predicted octanol–water partition coefficient (Wildman–Crippen LogP) is 1.70. The van der Waals surface area contributed by atoms with Gasteiger partial charge in [-0.3, -0.25) is 19.9 Å². The Hall–Kier alpha value is -4.01. The van der Waals surface area contributed by atoms with E-state index in [0.29, 0.717) is 17.0 Å². The lowest BCUT2D eigenvalue weighted by Gasteiger charge is -2.07. The van der Waals surface area contributed by atoms with Crippen molar-refractivity contribution in [1.29, 1.82) is 0 Å². The number of nitrogens with zero attached hydrogens (tertiary/aromatic N) is 3. The summed E-state index contributed by atoms with van der Waals surface area (Å²) in [5.41, 5.74) is 8.10. The van der Waals surface area contributed by atoms with Crippen LogP contribution in [-0.2, 0) is 0 Å². The Morgan fingerprint density at radius 1 is 1.08 bits per heavy atom. The minimum atomic E-state index is -0.705. The number of H-pyrrole nitrogens is 2. The Labute approximate surface area is 146 Å². The quantitative estimate of drug-likeness (QED) is 0.444. The number of amides is 2. The Morgan fingerprint density at radius 2 is 1.88 bits per heavy atom. The fourth-order valence-electron chi connectivity index (χ4n) is 2.63. The summed E-state index contributed by atoms with van der Waals surface area (Å²) in [6.07, 6.45) is 6.44. The first-order valence-electron chi connectivity index (χ1n) is 7.66. The highest BCUT2D eigenvalue weighted by molar-refractivity contribution is 6.12. The molecule has 5 N–H and O–H groups in total. The van der Waals surface area contributed by atoms with Gasteiger partial charge in [0.1, 0.15) is 5.52 Å². The number of aromatic nitrogens is 5. The number of nitrogens with one attached hydrogen (secondary N) is 3. The van der Waals surface area contributed by atoms with E-state index in [1.165, 1.54) is 6.20 Å². The molecule has 0 atom stereocenters. The van der Waals surface area contributed by atoms with Crippen molar-refractivity contribution in [2.24, 2.45) is 5.73 Å². The van der Waals surface area contributed by atoms with Gasteiger partial charge in [-0.05, 0) is 35.4 Å². The van der Waals surface area contributed by atoms with Gasteiger partial charge in [-0.15, -0.1) is 0 Å². The maximum Gasteiger partial charge on any atom is 0.284 e. The molecule has 2 amide bonds. The van der Waals surface area contributed by atoms with Crippen LogP contribution in [0.5, 0.6) is 0 Å². The van der Waals surface area contributed by atoms with E-state index >= 15 is 0 Å². The van der Waals surface area contributed by atoms with E-state index in [0.717, 1.165) is 11.1 Å². The van der Waals surface area contributed by atoms with Crippen molar-refractivity contribution in [2.75, 3.05) is 5.32 Å². The van der Waals surface area contributed by atoms with Crippen molar-refractivity contribution in [3.8, 4) is 11.1 Å². The van der Waals surface area contributed by atoms with Crippen molar-refractivity contribution in [3.63, 3.8) is 0 Å². The number of hydrogen-bond donors (Lipinski definition) is 4. The molecule has 0 saturated carbocycles. The van der Waals surface area contributed by atoms with Crippen molar-refractivity contribution in [3.05, 3.63) is 60.4 Å². The van der Waals surface area contributed by atoms with Gasteiger partial charge in [-0.2, -0.15) is 0 Å². The van der Waals surface area contributed by atoms with E-state index in [2.05, 4.69) is 30.2 Å². The fraction of sp³-hybridized carbons (Fsp3) is 0. The number of anilines is 1. The first-order valence-corrected chi connectivity index (χ1v) is 7.66. The van der Waals surface area contributed by atoms with Gasteiger partial charge in [-0.25, -0.2) is 9.97 Å². The normalized spacial score (nSPS) is 10.8. The highest BCUT2D eigenvalue weighted by atomic mass is 16.2. The van der Waals surface area contributed by atoms with Gasteiger partial charge in [0.25, 0.3) is 11.8 Å². The summed E-state index contributed by atoms with van der Waals surface area (Å²) in [6.45, 7) is 0. The second kappa shape index (κ2) is 6.13. The average molecular weight is 347 g/mol. The van der Waals surface area contributed by atoms with Gasteiger partial charge < -0.3 is 15.7 Å². The number of carbonyl (C=O) groups excluding carboxylic acids is 2. The number of rotatable bonds is 4. The third kappa shape index (κ3) is 2.77. The standard InChI is InChI=1S/C17H13N7O2/c18-14(25)15-22-12-8-10(9-1-3-19-4-2-9)7-11(13(12)23-15)16(26)24-17-20-5-6-21-17/h1-8H,(H2,18,25)(H,22,23)(H2,20,21,24,26). The van der Waals surface area contributed by atoms with Crippen molar-refractivity contribution in [1.82, 2.24) is 24.9 Å². The predicted molar refractivity (Wildman–Crippen MR) is 94.4 cm³/mol. The SMILES string of the molecule is NC(=O)c1nc2c(C(=O)Nc3ncc[nH]3)cc(-c3ccncc3)cc2[nH]1. The third-order valence-electron chi connectivity index (χ3n) is 3.81. The molecule has 0 aliphatic heterocycles. The molecule has 0 aliphatic carbocycles. The summed E-state index contributed by atoms with van der Waals surface area (Å²) in [5.74, 6) is -0.825. The minimum Gasteiger partial charge on any atom is -0.363 e. The van der Waals surface area contributed by atoms with E-state index in [4.69, 9.17) is 5.73 Å². The van der Waals surface area contributed by atoms with Gasteiger partial charge in [0, 0.05) is 24.8 Å². The van der Waals surface area contributed by atoms with Crippen molar-refractivity contribution < 1.29 is 9.59 Å². The van der Waals surface area contributed by atoms with Crippen LogP contribution in [0.25, 0.3) is 22.2 Å². The van der Waals surface area contributed by atoms with Crippen molar-refractivity contribution >= 4 is 28.8 Å². The smallest absolute Gasteiger partial charge is 0.284 e. The maximum absolute atomic E-state index is 12.7. The summed E-state index contributed by atoms with van der Waals surface area (Å²) in [4.78, 5) is 42.0. The molecule has 0 spiro atoms. The van der Waals surface area contributed by atoms with Crippen LogP contribution in [-0.4, -0.2) is 36.7 Å². The molecule has 4 aromatic rings. The molecule has 26 heavy (non-hydrogen) atoms. The Morgan fingerprint density at radius 3 is 2.58 bits per heavy atom. The first-order chi connectivity index (χ1) is 12.6. The Bertz CT molecular complexity index is 1100. The van der Waals surface area contributed by atoms with E-state index in [1.54, 1.807) is 30.7 Å². The van der Waals surface area contributed by atoms with Crippen LogP contribution in [0.4, 0.5) is 5.95 Å². The van der Waals surface area contributed by atoms with E-state index in [1.807, 2.05) is 12.1 Å². The molecule has 3 aromatic heterocycles. The number of imidazole rings is 2. The van der Waals surface area contributed by atoms with Crippen molar-refractivity contribution in [2.45, 2.75) is 0 Å². The Balaban J connectivity index is 1.87. The van der Waals surface area contributed by atoms with E-state index in [9.17, 15) is 9.59 Å². The number of primary amides is 1. The molecule has 0 bridgehead atoms. The molecule has 0 radical (unpaired) electrons. The average Bonchev–Trinajstić information content (AvgIpc) is 3.30. The molecule has 4 rings (SSSR count). The van der Waals surface area contributed by atoms with Crippen LogP contribution < -0.4 is 11.1 Å². The van der Waals surface area contributed by atoms with Gasteiger partial charge in [0.15, 0.2) is 5.82 Å². The molecule has 9 nitrogen and oxygen atoms in total. The maximum atomic E-state index is 12.7. The highest BCUT2D eigenvalue weighted by Gasteiger charge is 2.18. The number of carbonyl (C=O) groups is 2. The Kier molecular flexibility index (Phi) is 3.66. The number of fused-ring (bicyclic) bond motifs is 1. The summed E-state index contributed by atoms with van der Waals surface area (Å²) < 4.78 is 0. The lowest BCUT2D eigenvalue weighted by Crippen LogP contribution is -2.14. The molecule has 0 aliphatic rings. The molecule has 0 unspecified atom stereocenters. The first kappa shape index (κ1) is 15.5. The second-order valence-corrected chi connectivity index (χ2v) is 5.50. The van der Waals surface area contributed by atoms with Crippen LogP contribution in [0.2, 0.25) is 0 Å². The zero-order valence-electron chi connectivity index (χ0n) is 13.4. The number of pyridine rings is 1. The van der Waals surface area contributed by atoms with Gasteiger partial charge in [-0.1, -0.05) is 0 Å². The molecule has 9 heteroatoms. The van der Waals surface area contributed by atoms with Crippen LogP contribution >= 0.6 is 0 Å². The van der Waals surface area contributed by atoms with Crippen LogP contribution in [0.1, 0.15) is 21.0 Å².